The number of nitrogens with zero attached hydrogens (tertiary/aromatic N) is 4. The highest BCUT2D eigenvalue weighted by molar-refractivity contribution is 6.03. The van der Waals surface area contributed by atoms with Crippen molar-refractivity contribution in [1.82, 2.24) is 19.6 Å². The van der Waals surface area contributed by atoms with Crippen LogP contribution < -0.4 is 4.74 Å². The molecule has 5 rings (SSSR count). The smallest absolute Gasteiger partial charge is 0.121 e. The van der Waals surface area contributed by atoms with Gasteiger partial charge >= 0.3 is 0 Å². The number of fused-ring (bicyclic) bond motifs is 2. The van der Waals surface area contributed by atoms with Crippen molar-refractivity contribution < 1.29 is 4.74 Å². The van der Waals surface area contributed by atoms with Gasteiger partial charge in [-0.1, -0.05) is 25.5 Å². The van der Waals surface area contributed by atoms with E-state index in [-0.39, 0.29) is 0 Å². The summed E-state index contributed by atoms with van der Waals surface area (Å²) in [6.07, 6.45) is 7.77. The van der Waals surface area contributed by atoms with Gasteiger partial charge in [0.15, 0.2) is 0 Å². The van der Waals surface area contributed by atoms with Gasteiger partial charge in [0.1, 0.15) is 11.4 Å². The van der Waals surface area contributed by atoms with Crippen LogP contribution in [0.5, 0.6) is 5.75 Å². The average molecular weight is 394 g/mol. The summed E-state index contributed by atoms with van der Waals surface area (Å²) < 4.78 is 7.79. The highest BCUT2D eigenvalue weighted by Gasteiger charge is 2.19. The Kier molecular flexibility index (Phi) is 4.85. The molecule has 4 aromatic heterocycles. The van der Waals surface area contributed by atoms with Crippen molar-refractivity contribution in [1.29, 1.82) is 0 Å². The maximum atomic E-state index is 5.88. The van der Waals surface area contributed by atoms with Gasteiger partial charge in [0.05, 0.1) is 23.3 Å². The van der Waals surface area contributed by atoms with Crippen LogP contribution in [0, 0.1) is 0 Å². The van der Waals surface area contributed by atoms with Crippen molar-refractivity contribution >= 4 is 16.4 Å². The summed E-state index contributed by atoms with van der Waals surface area (Å²) in [5.41, 5.74) is 5.79. The molecule has 0 aliphatic carbocycles. The molecule has 0 unspecified atom stereocenters. The topological polar surface area (TPSA) is 52.3 Å². The molecule has 1 aromatic carbocycles. The number of pyridine rings is 3. The Bertz CT molecular complexity index is 1310. The minimum atomic E-state index is 0.722. The minimum absolute atomic E-state index is 0.722. The third-order valence-corrected chi connectivity index (χ3v) is 5.20. The summed E-state index contributed by atoms with van der Waals surface area (Å²) in [5, 5.41) is 5.91. The number of ether oxygens (including phenoxy) is 1. The van der Waals surface area contributed by atoms with Gasteiger partial charge in [-0.2, -0.15) is 5.10 Å². The highest BCUT2D eigenvalue weighted by Crippen LogP contribution is 2.38. The van der Waals surface area contributed by atoms with Crippen molar-refractivity contribution in [2.75, 3.05) is 6.61 Å². The van der Waals surface area contributed by atoms with Crippen LogP contribution in [0.4, 0.5) is 0 Å². The second kappa shape index (κ2) is 7.95. The van der Waals surface area contributed by atoms with Gasteiger partial charge in [0.25, 0.3) is 0 Å². The number of hydrogen-bond donors (Lipinski definition) is 0. The maximum absolute atomic E-state index is 5.88. The third kappa shape index (κ3) is 3.28. The lowest BCUT2D eigenvalue weighted by molar-refractivity contribution is 0.310. The molecule has 0 atom stereocenters. The fraction of sp³-hybridized carbons (Fsp3) is 0.160. The minimum Gasteiger partial charge on any atom is -0.494 e. The molecule has 0 aliphatic heterocycles. The van der Waals surface area contributed by atoms with Crippen LogP contribution in [-0.4, -0.2) is 26.2 Å². The van der Waals surface area contributed by atoms with Gasteiger partial charge < -0.3 is 4.74 Å². The summed E-state index contributed by atoms with van der Waals surface area (Å²) in [4.78, 5) is 9.16. The monoisotopic (exact) mass is 394 g/mol. The van der Waals surface area contributed by atoms with Crippen LogP contribution in [0.25, 0.3) is 38.9 Å². The molecule has 5 heteroatoms. The van der Waals surface area contributed by atoms with Gasteiger partial charge in [-0.3, -0.25) is 9.97 Å². The number of unbranched alkanes of at least 4 members (excludes halogenated alkanes) is 1. The Hall–Kier alpha value is -3.73. The van der Waals surface area contributed by atoms with Crippen molar-refractivity contribution in [3.05, 3.63) is 79.3 Å². The summed E-state index contributed by atoms with van der Waals surface area (Å²) in [6.45, 7) is 2.88. The summed E-state index contributed by atoms with van der Waals surface area (Å²) in [7, 11) is 0. The number of benzene rings is 1. The molecule has 5 aromatic rings. The second-order valence-electron chi connectivity index (χ2n) is 7.21. The molecule has 0 spiro atoms. The second-order valence-corrected chi connectivity index (χ2v) is 7.21. The highest BCUT2D eigenvalue weighted by atomic mass is 16.5. The molecular formula is C25H22N4O. The van der Waals surface area contributed by atoms with Crippen molar-refractivity contribution in [3.63, 3.8) is 0 Å². The first-order valence-corrected chi connectivity index (χ1v) is 10.3. The Morgan fingerprint density at radius 3 is 2.73 bits per heavy atom. The number of hydrogen-bond acceptors (Lipinski definition) is 4. The van der Waals surface area contributed by atoms with Crippen LogP contribution in [0.1, 0.15) is 19.8 Å². The first-order chi connectivity index (χ1) is 14.8. The molecule has 0 saturated carbocycles. The van der Waals surface area contributed by atoms with E-state index in [2.05, 4.69) is 35.1 Å². The van der Waals surface area contributed by atoms with Crippen LogP contribution in [0.3, 0.4) is 0 Å². The third-order valence-electron chi connectivity index (χ3n) is 5.20. The Balaban J connectivity index is 1.70. The zero-order valence-corrected chi connectivity index (χ0v) is 16.8. The standard InChI is InChI=1S/C25H22N4O/c1-2-3-16-30-18-10-11-19-20(12-14-27-22(19)17-18)24-23-9-5-7-15-29(23)28-25(24)21-8-4-6-13-26-21/h4-15,17H,2-3,16H2,1H3. The first kappa shape index (κ1) is 18.3. The molecule has 5 nitrogen and oxygen atoms in total. The van der Waals surface area contributed by atoms with E-state index in [1.54, 1.807) is 6.20 Å². The summed E-state index contributed by atoms with van der Waals surface area (Å²) >= 11 is 0. The van der Waals surface area contributed by atoms with Crippen molar-refractivity contribution in [2.45, 2.75) is 19.8 Å². The average Bonchev–Trinajstić information content (AvgIpc) is 3.19. The Morgan fingerprint density at radius 2 is 1.87 bits per heavy atom. The van der Waals surface area contributed by atoms with Gasteiger partial charge in [-0.15, -0.1) is 0 Å². The first-order valence-electron chi connectivity index (χ1n) is 10.3. The van der Waals surface area contributed by atoms with E-state index < -0.39 is 0 Å². The lowest BCUT2D eigenvalue weighted by Crippen LogP contribution is -1.96. The predicted molar refractivity (Wildman–Crippen MR) is 120 cm³/mol. The van der Waals surface area contributed by atoms with Gasteiger partial charge in [-0.25, -0.2) is 4.52 Å². The fourth-order valence-corrected chi connectivity index (χ4v) is 3.72. The zero-order chi connectivity index (χ0) is 20.3. The summed E-state index contributed by atoms with van der Waals surface area (Å²) in [5.74, 6) is 0.852. The van der Waals surface area contributed by atoms with E-state index in [4.69, 9.17) is 9.84 Å². The molecule has 148 valence electrons. The van der Waals surface area contributed by atoms with E-state index in [9.17, 15) is 0 Å². The Labute approximate surface area is 175 Å². The van der Waals surface area contributed by atoms with Crippen LogP contribution >= 0.6 is 0 Å². The van der Waals surface area contributed by atoms with Crippen LogP contribution in [0.2, 0.25) is 0 Å². The summed E-state index contributed by atoms with van der Waals surface area (Å²) in [6, 6.07) is 20.2. The van der Waals surface area contributed by atoms with E-state index in [1.807, 2.05) is 59.4 Å². The number of rotatable bonds is 6. The lowest BCUT2D eigenvalue weighted by atomic mass is 9.98. The van der Waals surface area contributed by atoms with Crippen molar-refractivity contribution in [3.8, 4) is 28.3 Å². The van der Waals surface area contributed by atoms with Crippen LogP contribution in [-0.2, 0) is 0 Å². The van der Waals surface area contributed by atoms with E-state index in [0.717, 1.165) is 64.1 Å². The fourth-order valence-electron chi connectivity index (χ4n) is 3.72. The molecule has 0 aliphatic rings. The van der Waals surface area contributed by atoms with Crippen LogP contribution in [0.15, 0.2) is 79.3 Å². The predicted octanol–water partition coefficient (Wildman–Crippen LogP) is 5.79. The van der Waals surface area contributed by atoms with E-state index in [1.165, 1.54) is 0 Å². The van der Waals surface area contributed by atoms with Crippen molar-refractivity contribution in [2.24, 2.45) is 0 Å². The molecule has 30 heavy (non-hydrogen) atoms. The van der Waals surface area contributed by atoms with Gasteiger partial charge in [0, 0.05) is 35.6 Å². The molecule has 0 amide bonds. The molecule has 0 N–H and O–H groups in total. The number of aromatic nitrogens is 4. The van der Waals surface area contributed by atoms with Gasteiger partial charge in [-0.05, 0) is 54.4 Å². The molecule has 0 radical (unpaired) electrons. The Morgan fingerprint density at radius 1 is 0.933 bits per heavy atom. The van der Waals surface area contributed by atoms with E-state index in [0.29, 0.717) is 0 Å². The largest absolute Gasteiger partial charge is 0.494 e. The van der Waals surface area contributed by atoms with Gasteiger partial charge in [0.2, 0.25) is 0 Å². The molecule has 4 heterocycles. The maximum Gasteiger partial charge on any atom is 0.121 e. The SMILES string of the molecule is CCCCOc1ccc2c(-c3c(-c4ccccn4)nn4ccccc34)ccnc2c1. The molecular weight excluding hydrogens is 372 g/mol. The molecule has 0 saturated heterocycles. The zero-order valence-electron chi connectivity index (χ0n) is 16.8. The quantitative estimate of drug-likeness (QED) is 0.342. The molecule has 0 bridgehead atoms. The van der Waals surface area contributed by atoms with E-state index >= 15 is 0 Å². The lowest BCUT2D eigenvalue weighted by Gasteiger charge is -2.10. The normalized spacial score (nSPS) is 11.2. The molecule has 0 fully saturated rings.